The van der Waals surface area contributed by atoms with E-state index in [1.807, 2.05) is 12.1 Å². The minimum atomic E-state index is -0.815. The molecule has 0 bridgehead atoms. The molecule has 4 aromatic carbocycles. The molecule has 0 spiro atoms. The van der Waals surface area contributed by atoms with Gasteiger partial charge in [-0.2, -0.15) is 0 Å². The first-order chi connectivity index (χ1) is 41.8. The van der Waals surface area contributed by atoms with Crippen molar-refractivity contribution in [3.8, 4) is 28.0 Å². The number of hydrogen-bond acceptors (Lipinski definition) is 9. The first-order valence-electron chi connectivity index (χ1n) is 34.6. The summed E-state index contributed by atoms with van der Waals surface area (Å²) in [5.41, 5.74) is 2.85. The quantitative estimate of drug-likeness (QED) is 0.0261. The normalized spacial score (nSPS) is 11.0. The van der Waals surface area contributed by atoms with Crippen LogP contribution >= 0.6 is 0 Å². The maximum Gasteiger partial charge on any atom is 0.342 e. The third-order valence-electron chi connectivity index (χ3n) is 16.2. The van der Waals surface area contributed by atoms with E-state index >= 15 is 0 Å². The molecule has 0 saturated heterocycles. The van der Waals surface area contributed by atoms with Gasteiger partial charge >= 0.3 is 23.9 Å². The molecule has 0 aromatic heterocycles. The number of aromatic hydroxyl groups is 1. The van der Waals surface area contributed by atoms with E-state index in [0.29, 0.717) is 24.8 Å². The molecule has 0 aliphatic heterocycles. The molecule has 0 amide bonds. The molecule has 0 radical (unpaired) electrons. The van der Waals surface area contributed by atoms with E-state index in [2.05, 4.69) is 76.2 Å². The average Bonchev–Trinajstić information content (AvgIpc) is 2.89. The van der Waals surface area contributed by atoms with E-state index in [-0.39, 0.29) is 54.2 Å². The lowest BCUT2D eigenvalue weighted by molar-refractivity contribution is 0.0447. The average molecular weight is 1170 g/mol. The first-order valence-corrected chi connectivity index (χ1v) is 34.6. The van der Waals surface area contributed by atoms with Crippen LogP contribution in [-0.4, -0.2) is 55.4 Å². The smallest absolute Gasteiger partial charge is 0.342 e. The molecule has 0 heterocycles. The summed E-state index contributed by atoms with van der Waals surface area (Å²) in [6.07, 6.45) is 45.9. The van der Waals surface area contributed by atoms with Crippen LogP contribution in [0, 0.1) is 0 Å². The first kappa shape index (κ1) is 73.8. The zero-order valence-electron chi connectivity index (χ0n) is 54.0. The third kappa shape index (κ3) is 33.9. The van der Waals surface area contributed by atoms with Crippen molar-refractivity contribution in [1.82, 2.24) is 0 Å². The maximum atomic E-state index is 13.9. The van der Waals surface area contributed by atoms with Crippen molar-refractivity contribution in [3.05, 3.63) is 113 Å². The molecule has 1 N–H and O–H groups in total. The van der Waals surface area contributed by atoms with Crippen molar-refractivity contribution in [1.29, 1.82) is 0 Å². The molecule has 0 saturated carbocycles. The minimum Gasteiger partial charge on any atom is -0.506 e. The van der Waals surface area contributed by atoms with Crippen LogP contribution in [0.3, 0.4) is 0 Å². The lowest BCUT2D eigenvalue weighted by Gasteiger charge is -2.16. The van der Waals surface area contributed by atoms with Gasteiger partial charge in [0.05, 0.1) is 43.1 Å². The van der Waals surface area contributed by atoms with Crippen LogP contribution in [-0.2, 0) is 18.9 Å². The summed E-state index contributed by atoms with van der Waals surface area (Å²) >= 11 is 0. The van der Waals surface area contributed by atoms with Crippen molar-refractivity contribution in [2.75, 3.05) is 26.4 Å². The Balaban J connectivity index is 0.00000138. The second-order valence-electron chi connectivity index (χ2n) is 23.6. The molecular weight excluding hydrogens is 1060 g/mol. The molecule has 9 heteroatoms. The number of carbonyl (C=O) groups is 4. The van der Waals surface area contributed by atoms with Crippen molar-refractivity contribution in [2.24, 2.45) is 0 Å². The highest BCUT2D eigenvalue weighted by Crippen LogP contribution is 2.37. The highest BCUT2D eigenvalue weighted by molar-refractivity contribution is 6.08. The van der Waals surface area contributed by atoms with Crippen LogP contribution in [0.5, 0.6) is 5.75 Å². The van der Waals surface area contributed by atoms with Gasteiger partial charge in [-0.25, -0.2) is 19.2 Å². The van der Waals surface area contributed by atoms with Gasteiger partial charge < -0.3 is 24.1 Å². The van der Waals surface area contributed by atoms with Crippen LogP contribution in [0.2, 0.25) is 0 Å². The topological polar surface area (TPSA) is 125 Å². The van der Waals surface area contributed by atoms with Crippen LogP contribution < -0.4 is 0 Å². The largest absolute Gasteiger partial charge is 0.506 e. The predicted molar refractivity (Wildman–Crippen MR) is 354 cm³/mol. The van der Waals surface area contributed by atoms with Gasteiger partial charge in [-0.05, 0) is 66.6 Å². The minimum absolute atomic E-state index is 0.0158. The molecule has 4 rings (SSSR count). The molecule has 4 aromatic rings. The maximum absolute atomic E-state index is 13.9. The monoisotopic (exact) mass is 1170 g/mol. The van der Waals surface area contributed by atoms with Gasteiger partial charge in [-0.3, -0.25) is 0 Å². The fourth-order valence-electron chi connectivity index (χ4n) is 10.8. The molecule has 9 nitrogen and oxygen atoms in total. The standard InChI is InChI=1S/C64H106O9.C12H10/c1-5-9-13-17-21-25-29-33-37-41-49-70-61(66)56-46-45-54(53-58(56)63(68)72-51-43-39-35-31-27-23-19-15-11-7-3)55-47-48-57(62(67)71-50-42-38-34-30-26-22-18-14-10-6-2)59(60(55)65)64(69)73-52-44-40-36-32-28-24-20-16-12-8-4;1-3-7-11(8-4-1)12-9-5-2-6-10-12/h45-48,53,65H,5-44,49-52H2,1-4H3;1-10H. The highest BCUT2D eigenvalue weighted by atomic mass is 16.5. The Bertz CT molecular complexity index is 2270. The van der Waals surface area contributed by atoms with Crippen LogP contribution in [0.25, 0.3) is 22.3 Å². The zero-order chi connectivity index (χ0) is 61.1. The lowest BCUT2D eigenvalue weighted by atomic mass is 9.94. The van der Waals surface area contributed by atoms with Gasteiger partial charge in [-0.15, -0.1) is 0 Å². The molecule has 0 unspecified atom stereocenters. The third-order valence-corrected chi connectivity index (χ3v) is 16.2. The fraction of sp³-hybridized carbons (Fsp3) is 0.632. The van der Waals surface area contributed by atoms with Crippen molar-refractivity contribution in [3.63, 3.8) is 0 Å². The van der Waals surface area contributed by atoms with Gasteiger partial charge in [0.15, 0.2) is 0 Å². The number of benzene rings is 4. The number of phenols is 1. The number of phenolic OH excluding ortho intramolecular Hbond substituents is 1. The van der Waals surface area contributed by atoms with E-state index in [9.17, 15) is 24.3 Å². The van der Waals surface area contributed by atoms with Crippen molar-refractivity contribution in [2.45, 2.75) is 285 Å². The number of ether oxygens (including phenoxy) is 4. The fourth-order valence-corrected chi connectivity index (χ4v) is 10.8. The molecule has 0 atom stereocenters. The van der Waals surface area contributed by atoms with Crippen LogP contribution in [0.4, 0.5) is 0 Å². The molecule has 0 fully saturated rings. The van der Waals surface area contributed by atoms with E-state index in [1.165, 1.54) is 190 Å². The SMILES string of the molecule is CCCCCCCCCCCCOC(=O)c1ccc(-c2ccc(C(=O)OCCCCCCCCCCCC)c(C(=O)OCCCCCCCCCCCC)c2O)cc1C(=O)OCCCCCCCCCCCC.c1ccc(-c2ccccc2)cc1. The number of unbranched alkanes of at least 4 members (excludes halogenated alkanes) is 36. The summed E-state index contributed by atoms with van der Waals surface area (Å²) in [6, 6.07) is 28.4. The van der Waals surface area contributed by atoms with Crippen molar-refractivity contribution >= 4 is 23.9 Å². The summed E-state index contributed by atoms with van der Waals surface area (Å²) in [4.78, 5) is 55.1. The molecule has 0 aliphatic rings. The summed E-state index contributed by atoms with van der Waals surface area (Å²) in [5.74, 6) is -3.26. The Kier molecular flexibility index (Phi) is 44.0. The highest BCUT2D eigenvalue weighted by Gasteiger charge is 2.28. The predicted octanol–water partition coefficient (Wildman–Crippen LogP) is 22.7. The van der Waals surface area contributed by atoms with E-state index in [1.54, 1.807) is 12.1 Å². The Labute approximate surface area is 516 Å². The Morgan fingerprint density at radius 2 is 0.553 bits per heavy atom. The number of hydrogen-bond donors (Lipinski definition) is 1. The second kappa shape index (κ2) is 50.7. The van der Waals surface area contributed by atoms with Gasteiger partial charge in [0, 0.05) is 5.56 Å². The van der Waals surface area contributed by atoms with E-state index < -0.39 is 29.6 Å². The number of rotatable bonds is 50. The van der Waals surface area contributed by atoms with E-state index in [4.69, 9.17) is 18.9 Å². The summed E-state index contributed by atoms with van der Waals surface area (Å²) in [7, 11) is 0. The van der Waals surface area contributed by atoms with Crippen LogP contribution in [0.1, 0.15) is 326 Å². The van der Waals surface area contributed by atoms with Crippen molar-refractivity contribution < 1.29 is 43.2 Å². The molecule has 474 valence electrons. The van der Waals surface area contributed by atoms with Gasteiger partial charge in [0.25, 0.3) is 0 Å². The Hall–Kier alpha value is -5.44. The Morgan fingerprint density at radius 3 is 0.882 bits per heavy atom. The van der Waals surface area contributed by atoms with E-state index in [0.717, 1.165) is 77.0 Å². The number of carbonyl (C=O) groups excluding carboxylic acids is 4. The van der Waals surface area contributed by atoms with Crippen LogP contribution in [0.15, 0.2) is 91.0 Å². The van der Waals surface area contributed by atoms with Gasteiger partial charge in [0.1, 0.15) is 11.3 Å². The summed E-state index contributed by atoms with van der Waals surface area (Å²) < 4.78 is 23.0. The molecule has 0 aliphatic carbocycles. The summed E-state index contributed by atoms with van der Waals surface area (Å²) in [5, 5.41) is 12.0. The summed E-state index contributed by atoms with van der Waals surface area (Å²) in [6.45, 7) is 9.73. The number of esters is 4. The van der Waals surface area contributed by atoms with Gasteiger partial charge in [-0.1, -0.05) is 326 Å². The van der Waals surface area contributed by atoms with Gasteiger partial charge in [0.2, 0.25) is 0 Å². The Morgan fingerprint density at radius 1 is 0.282 bits per heavy atom. The zero-order valence-corrected chi connectivity index (χ0v) is 54.0. The molecule has 85 heavy (non-hydrogen) atoms. The second-order valence-corrected chi connectivity index (χ2v) is 23.6. The lowest BCUT2D eigenvalue weighted by Crippen LogP contribution is -2.16. The molecular formula is C76H116O9.